The van der Waals surface area contributed by atoms with Gasteiger partial charge in [0, 0.05) is 24.5 Å². The molecule has 1 heterocycles. The van der Waals surface area contributed by atoms with E-state index in [2.05, 4.69) is 0 Å². The highest BCUT2D eigenvalue weighted by molar-refractivity contribution is 7.16. The number of hydrogen-bond donors (Lipinski definition) is 1. The number of rotatable bonds is 5. The molecular weight excluding hydrogens is 273 g/mol. The fraction of sp³-hybridized carbons (Fsp3) is 0.600. The van der Waals surface area contributed by atoms with Crippen molar-refractivity contribution in [1.29, 1.82) is 0 Å². The predicted octanol–water partition coefficient (Wildman–Crippen LogP) is 2.97. The highest BCUT2D eigenvalue weighted by atomic mass is 35.5. The smallest absolute Gasteiger partial charge is 0.330 e. The van der Waals surface area contributed by atoms with Crippen LogP contribution in [0.3, 0.4) is 0 Å². The van der Waals surface area contributed by atoms with Gasteiger partial charge in [-0.2, -0.15) is 13.2 Å². The molecule has 1 aromatic rings. The first-order chi connectivity index (χ1) is 7.82. The molecule has 98 valence electrons. The van der Waals surface area contributed by atoms with E-state index < -0.39 is 12.1 Å². The fourth-order valence-electron chi connectivity index (χ4n) is 1.46. The van der Waals surface area contributed by atoms with E-state index in [1.807, 2.05) is 6.07 Å². The summed E-state index contributed by atoms with van der Waals surface area (Å²) in [7, 11) is 1.64. The Hall–Kier alpha value is -0.300. The van der Waals surface area contributed by atoms with Crippen molar-refractivity contribution in [3.63, 3.8) is 0 Å². The zero-order valence-corrected chi connectivity index (χ0v) is 10.9. The summed E-state index contributed by atoms with van der Waals surface area (Å²) in [4.78, 5) is 2.54. The van der Waals surface area contributed by atoms with Crippen LogP contribution in [0, 0.1) is 5.92 Å². The van der Waals surface area contributed by atoms with Gasteiger partial charge in [-0.3, -0.25) is 0 Å². The Balaban J connectivity index is 2.51. The first kappa shape index (κ1) is 14.8. The molecule has 1 aromatic heterocycles. The van der Waals surface area contributed by atoms with E-state index in [4.69, 9.17) is 17.3 Å². The molecule has 0 spiro atoms. The van der Waals surface area contributed by atoms with Gasteiger partial charge in [0.05, 0.1) is 10.3 Å². The maximum atomic E-state index is 12.5. The van der Waals surface area contributed by atoms with E-state index in [0.717, 1.165) is 4.88 Å². The maximum Gasteiger partial charge on any atom is 0.394 e. The molecule has 0 aromatic carbocycles. The van der Waals surface area contributed by atoms with Gasteiger partial charge in [-0.15, -0.1) is 11.3 Å². The van der Waals surface area contributed by atoms with Crippen LogP contribution in [-0.2, 0) is 6.54 Å². The Morgan fingerprint density at radius 3 is 2.53 bits per heavy atom. The van der Waals surface area contributed by atoms with Crippen molar-refractivity contribution in [2.24, 2.45) is 11.7 Å². The van der Waals surface area contributed by atoms with Crippen molar-refractivity contribution in [3.8, 4) is 0 Å². The van der Waals surface area contributed by atoms with Crippen LogP contribution in [0.5, 0.6) is 0 Å². The van der Waals surface area contributed by atoms with Gasteiger partial charge in [0.25, 0.3) is 0 Å². The molecule has 17 heavy (non-hydrogen) atoms. The summed E-state index contributed by atoms with van der Waals surface area (Å²) in [6.45, 7) is -0.0431. The molecule has 0 bridgehead atoms. The van der Waals surface area contributed by atoms with Gasteiger partial charge < -0.3 is 10.6 Å². The molecule has 0 fully saturated rings. The summed E-state index contributed by atoms with van der Waals surface area (Å²) in [6, 6.07) is 3.55. The van der Waals surface area contributed by atoms with E-state index in [9.17, 15) is 13.2 Å². The Labute approximate surface area is 107 Å². The molecule has 0 aliphatic carbocycles. The molecule has 2 N–H and O–H groups in total. The second kappa shape index (κ2) is 6.04. The summed E-state index contributed by atoms with van der Waals surface area (Å²) >= 11 is 7.12. The van der Waals surface area contributed by atoms with Crippen LogP contribution in [0.2, 0.25) is 4.34 Å². The number of halogens is 4. The number of nitrogens with zero attached hydrogens (tertiary/aromatic N) is 1. The van der Waals surface area contributed by atoms with Crippen LogP contribution in [0.4, 0.5) is 13.2 Å². The van der Waals surface area contributed by atoms with Crippen LogP contribution in [0.1, 0.15) is 4.88 Å². The molecule has 0 aliphatic rings. The minimum atomic E-state index is -4.24. The minimum Gasteiger partial charge on any atom is -0.330 e. The largest absolute Gasteiger partial charge is 0.394 e. The third-order valence-electron chi connectivity index (χ3n) is 2.33. The lowest BCUT2D eigenvalue weighted by Gasteiger charge is -2.24. The zero-order chi connectivity index (χ0) is 13.1. The van der Waals surface area contributed by atoms with E-state index >= 15 is 0 Å². The lowest BCUT2D eigenvalue weighted by molar-refractivity contribution is -0.175. The molecule has 7 heteroatoms. The second-order valence-corrected chi connectivity index (χ2v) is 5.68. The molecular formula is C10H14ClF3N2S. The van der Waals surface area contributed by atoms with Crippen LogP contribution >= 0.6 is 22.9 Å². The van der Waals surface area contributed by atoms with Gasteiger partial charge in [0.1, 0.15) is 0 Å². The van der Waals surface area contributed by atoms with Crippen molar-refractivity contribution in [3.05, 3.63) is 21.3 Å². The van der Waals surface area contributed by atoms with Gasteiger partial charge in [-0.1, -0.05) is 11.6 Å². The van der Waals surface area contributed by atoms with Gasteiger partial charge in [-0.25, -0.2) is 0 Å². The number of alkyl halides is 3. The van der Waals surface area contributed by atoms with Gasteiger partial charge in [0.2, 0.25) is 0 Å². The lowest BCUT2D eigenvalue weighted by atomic mass is 10.1. The third kappa shape index (κ3) is 4.83. The van der Waals surface area contributed by atoms with Crippen molar-refractivity contribution in [2.75, 3.05) is 20.1 Å². The van der Waals surface area contributed by atoms with Crippen LogP contribution in [0.25, 0.3) is 0 Å². The third-order valence-corrected chi connectivity index (χ3v) is 3.55. The molecule has 0 aliphatic heterocycles. The van der Waals surface area contributed by atoms with E-state index in [-0.39, 0.29) is 13.1 Å². The summed E-state index contributed by atoms with van der Waals surface area (Å²) in [5, 5.41) is 0. The molecule has 0 radical (unpaired) electrons. The van der Waals surface area contributed by atoms with E-state index in [1.54, 1.807) is 18.0 Å². The predicted molar refractivity (Wildman–Crippen MR) is 64.3 cm³/mol. The van der Waals surface area contributed by atoms with Crippen molar-refractivity contribution < 1.29 is 13.2 Å². The quantitative estimate of drug-likeness (QED) is 0.902. The SMILES string of the molecule is CN(Cc1ccc(Cl)s1)CC(CN)C(F)(F)F. The summed E-state index contributed by atoms with van der Waals surface area (Å²) in [5.41, 5.74) is 5.14. The molecule has 0 saturated carbocycles. The highest BCUT2D eigenvalue weighted by Gasteiger charge is 2.38. The Bertz CT molecular complexity index is 354. The van der Waals surface area contributed by atoms with Gasteiger partial charge >= 0.3 is 6.18 Å². The maximum absolute atomic E-state index is 12.5. The molecule has 2 nitrogen and oxygen atoms in total. The highest BCUT2D eigenvalue weighted by Crippen LogP contribution is 2.27. The Morgan fingerprint density at radius 1 is 1.47 bits per heavy atom. The number of thiophene rings is 1. The molecule has 0 saturated heterocycles. The Kier molecular flexibility index (Phi) is 5.24. The van der Waals surface area contributed by atoms with Gasteiger partial charge in [-0.05, 0) is 19.2 Å². The first-order valence-electron chi connectivity index (χ1n) is 5.02. The molecule has 0 amide bonds. The van der Waals surface area contributed by atoms with Crippen LogP contribution in [0.15, 0.2) is 12.1 Å². The fourth-order valence-corrected chi connectivity index (χ4v) is 2.62. The number of hydrogen-bond acceptors (Lipinski definition) is 3. The topological polar surface area (TPSA) is 29.3 Å². The van der Waals surface area contributed by atoms with Crippen LogP contribution < -0.4 is 5.73 Å². The summed E-state index contributed by atoms with van der Waals surface area (Å²) in [5.74, 6) is -1.48. The van der Waals surface area contributed by atoms with E-state index in [1.165, 1.54) is 11.3 Å². The first-order valence-corrected chi connectivity index (χ1v) is 6.22. The molecule has 1 rings (SSSR count). The number of nitrogens with two attached hydrogens (primary N) is 1. The van der Waals surface area contributed by atoms with Crippen molar-refractivity contribution in [1.82, 2.24) is 4.90 Å². The average molecular weight is 287 g/mol. The lowest BCUT2D eigenvalue weighted by Crippen LogP contribution is -2.39. The van der Waals surface area contributed by atoms with E-state index in [0.29, 0.717) is 10.9 Å². The monoisotopic (exact) mass is 286 g/mol. The second-order valence-electron chi connectivity index (χ2n) is 3.88. The zero-order valence-electron chi connectivity index (χ0n) is 9.30. The molecule has 1 unspecified atom stereocenters. The van der Waals surface area contributed by atoms with Gasteiger partial charge in [0.15, 0.2) is 0 Å². The molecule has 1 atom stereocenters. The minimum absolute atomic E-state index is 0.102. The normalized spacial score (nSPS) is 14.3. The average Bonchev–Trinajstić information content (AvgIpc) is 2.58. The standard InChI is InChI=1S/C10H14ClF3N2S/c1-16(5-7(4-15)10(12,13)14)6-8-2-3-9(11)17-8/h2-3,7H,4-6,15H2,1H3. The van der Waals surface area contributed by atoms with Crippen molar-refractivity contribution in [2.45, 2.75) is 12.7 Å². The van der Waals surface area contributed by atoms with Crippen LogP contribution in [-0.4, -0.2) is 31.2 Å². The Morgan fingerprint density at radius 2 is 2.12 bits per heavy atom. The summed E-state index contributed by atoms with van der Waals surface area (Å²) in [6.07, 6.45) is -4.24. The summed E-state index contributed by atoms with van der Waals surface area (Å²) < 4.78 is 38.1. The van der Waals surface area contributed by atoms with Crippen molar-refractivity contribution >= 4 is 22.9 Å².